The van der Waals surface area contributed by atoms with Gasteiger partial charge in [0.25, 0.3) is 5.91 Å². The quantitative estimate of drug-likeness (QED) is 0.787. The Kier molecular flexibility index (Phi) is 5.93. The van der Waals surface area contributed by atoms with E-state index in [1.54, 1.807) is 48.5 Å². The molecule has 7 heteroatoms. The summed E-state index contributed by atoms with van der Waals surface area (Å²) in [6.07, 6.45) is 0.872. The van der Waals surface area contributed by atoms with Gasteiger partial charge < -0.3 is 10.4 Å². The maximum absolute atomic E-state index is 12.5. The molecule has 2 rings (SSSR count). The summed E-state index contributed by atoms with van der Waals surface area (Å²) in [5, 5.41) is 11.8. The minimum Gasteiger partial charge on any atom is -0.481 e. The van der Waals surface area contributed by atoms with Crippen LogP contribution in [0.1, 0.15) is 33.9 Å². The summed E-state index contributed by atoms with van der Waals surface area (Å²) in [7, 11) is -3.21. The first-order valence-corrected chi connectivity index (χ1v) is 9.65. The highest BCUT2D eigenvalue weighted by atomic mass is 32.2. The van der Waals surface area contributed by atoms with Crippen molar-refractivity contribution in [3.63, 3.8) is 0 Å². The topological polar surface area (TPSA) is 101 Å². The molecule has 132 valence electrons. The van der Waals surface area contributed by atoms with E-state index in [9.17, 15) is 18.0 Å². The zero-order valence-electron chi connectivity index (χ0n) is 13.7. The number of rotatable bonds is 7. The van der Waals surface area contributed by atoms with Crippen LogP contribution in [-0.2, 0) is 20.4 Å². The van der Waals surface area contributed by atoms with Crippen LogP contribution in [0.25, 0.3) is 0 Å². The van der Waals surface area contributed by atoms with Crippen molar-refractivity contribution in [2.45, 2.75) is 18.2 Å². The van der Waals surface area contributed by atoms with E-state index in [2.05, 4.69) is 5.32 Å². The normalized spacial score (nSPS) is 12.4. The Labute approximate surface area is 146 Å². The second-order valence-corrected chi connectivity index (χ2v) is 7.95. The van der Waals surface area contributed by atoms with Crippen LogP contribution in [-0.4, -0.2) is 31.7 Å². The second kappa shape index (κ2) is 7.94. The van der Waals surface area contributed by atoms with Gasteiger partial charge >= 0.3 is 5.97 Å². The van der Waals surface area contributed by atoms with Crippen LogP contribution in [0.5, 0.6) is 0 Å². The molecule has 0 aromatic heterocycles. The molecule has 0 saturated heterocycles. The van der Waals surface area contributed by atoms with E-state index in [4.69, 9.17) is 5.11 Å². The number of aliphatic carboxylic acids is 1. The van der Waals surface area contributed by atoms with Crippen molar-refractivity contribution >= 4 is 21.7 Å². The van der Waals surface area contributed by atoms with Crippen LogP contribution in [0.3, 0.4) is 0 Å². The lowest BCUT2D eigenvalue weighted by atomic mass is 10.0. The molecule has 2 aromatic rings. The first-order valence-electron chi connectivity index (χ1n) is 7.59. The SMILES string of the molecule is CS(=O)(=O)Cc1cccc(C(=O)N[C@@H](CC(=O)O)c2ccccc2)c1. The average molecular weight is 361 g/mol. The molecule has 0 aliphatic rings. The Morgan fingerprint density at radius 3 is 2.36 bits per heavy atom. The van der Waals surface area contributed by atoms with Gasteiger partial charge in [-0.15, -0.1) is 0 Å². The summed E-state index contributed by atoms with van der Waals surface area (Å²) >= 11 is 0. The molecule has 0 bridgehead atoms. The zero-order valence-corrected chi connectivity index (χ0v) is 14.5. The van der Waals surface area contributed by atoms with Crippen molar-refractivity contribution in [1.29, 1.82) is 0 Å². The number of carboxylic acids is 1. The largest absolute Gasteiger partial charge is 0.481 e. The average Bonchev–Trinajstić information content (AvgIpc) is 2.53. The van der Waals surface area contributed by atoms with Crippen LogP contribution in [0.2, 0.25) is 0 Å². The molecule has 1 amide bonds. The first kappa shape index (κ1) is 18.7. The number of sulfone groups is 1. The van der Waals surface area contributed by atoms with Gasteiger partial charge in [-0.3, -0.25) is 9.59 Å². The fraction of sp³-hybridized carbons (Fsp3) is 0.222. The number of carbonyl (C=O) groups excluding carboxylic acids is 1. The van der Waals surface area contributed by atoms with Gasteiger partial charge in [0.05, 0.1) is 18.2 Å². The first-order chi connectivity index (χ1) is 11.7. The second-order valence-electron chi connectivity index (χ2n) is 5.81. The van der Waals surface area contributed by atoms with E-state index < -0.39 is 27.8 Å². The number of carboxylic acid groups (broad SMARTS) is 1. The van der Waals surface area contributed by atoms with Gasteiger partial charge in [0.15, 0.2) is 9.84 Å². The lowest BCUT2D eigenvalue weighted by Crippen LogP contribution is -2.30. The molecule has 2 aromatic carbocycles. The molecular weight excluding hydrogens is 342 g/mol. The van der Waals surface area contributed by atoms with Gasteiger partial charge in [-0.05, 0) is 23.3 Å². The van der Waals surface area contributed by atoms with Crippen molar-refractivity contribution in [2.75, 3.05) is 6.26 Å². The summed E-state index contributed by atoms with van der Waals surface area (Å²) in [6.45, 7) is 0. The molecule has 2 N–H and O–H groups in total. The van der Waals surface area contributed by atoms with E-state index >= 15 is 0 Å². The predicted molar refractivity (Wildman–Crippen MR) is 93.9 cm³/mol. The highest BCUT2D eigenvalue weighted by molar-refractivity contribution is 7.89. The zero-order chi connectivity index (χ0) is 18.4. The minimum atomic E-state index is -3.21. The van der Waals surface area contributed by atoms with Crippen LogP contribution in [0.4, 0.5) is 0 Å². The molecule has 0 radical (unpaired) electrons. The van der Waals surface area contributed by atoms with Crippen molar-refractivity contribution < 1.29 is 23.1 Å². The van der Waals surface area contributed by atoms with E-state index in [0.717, 1.165) is 6.26 Å². The summed E-state index contributed by atoms with van der Waals surface area (Å²) in [6, 6.07) is 14.4. The molecule has 0 saturated carbocycles. The van der Waals surface area contributed by atoms with Crippen molar-refractivity contribution in [1.82, 2.24) is 5.32 Å². The Balaban J connectivity index is 2.21. The molecule has 0 fully saturated rings. The molecule has 0 heterocycles. The Hall–Kier alpha value is -2.67. The summed E-state index contributed by atoms with van der Waals surface area (Å²) in [5.41, 5.74) is 1.47. The van der Waals surface area contributed by atoms with Gasteiger partial charge in [-0.1, -0.05) is 42.5 Å². The molecular formula is C18H19NO5S. The number of nitrogens with one attached hydrogen (secondary N) is 1. The predicted octanol–water partition coefficient (Wildman–Crippen LogP) is 2.18. The van der Waals surface area contributed by atoms with Gasteiger partial charge in [-0.25, -0.2) is 8.42 Å². The van der Waals surface area contributed by atoms with Crippen LogP contribution >= 0.6 is 0 Å². The third-order valence-corrected chi connectivity index (χ3v) is 4.36. The van der Waals surface area contributed by atoms with Gasteiger partial charge in [0, 0.05) is 11.8 Å². The van der Waals surface area contributed by atoms with Gasteiger partial charge in [0.2, 0.25) is 0 Å². The lowest BCUT2D eigenvalue weighted by Gasteiger charge is -2.17. The highest BCUT2D eigenvalue weighted by Gasteiger charge is 2.19. The highest BCUT2D eigenvalue weighted by Crippen LogP contribution is 2.18. The number of hydrogen-bond acceptors (Lipinski definition) is 4. The third kappa shape index (κ3) is 6.04. The standard InChI is InChI=1S/C18H19NO5S/c1-25(23,24)12-13-6-5-9-15(10-13)18(22)19-16(11-17(20)21)14-7-3-2-4-8-14/h2-10,16H,11-12H2,1H3,(H,19,22)(H,20,21)/t16-/m0/s1. The van der Waals surface area contributed by atoms with Crippen molar-refractivity contribution in [3.8, 4) is 0 Å². The molecule has 25 heavy (non-hydrogen) atoms. The molecule has 0 aliphatic carbocycles. The van der Waals surface area contributed by atoms with E-state index in [1.165, 1.54) is 6.07 Å². The fourth-order valence-electron chi connectivity index (χ4n) is 2.46. The fourth-order valence-corrected chi connectivity index (χ4v) is 3.24. The van der Waals surface area contributed by atoms with Gasteiger partial charge in [-0.2, -0.15) is 0 Å². The van der Waals surface area contributed by atoms with Crippen molar-refractivity contribution in [3.05, 3.63) is 71.3 Å². The van der Waals surface area contributed by atoms with Crippen LogP contribution in [0.15, 0.2) is 54.6 Å². The summed E-state index contributed by atoms with van der Waals surface area (Å²) < 4.78 is 22.8. The molecule has 0 spiro atoms. The maximum atomic E-state index is 12.5. The molecule has 0 unspecified atom stereocenters. The minimum absolute atomic E-state index is 0.161. The summed E-state index contributed by atoms with van der Waals surface area (Å²) in [4.78, 5) is 23.6. The Morgan fingerprint density at radius 2 is 1.76 bits per heavy atom. The molecule has 1 atom stereocenters. The van der Waals surface area contributed by atoms with E-state index in [0.29, 0.717) is 11.1 Å². The van der Waals surface area contributed by atoms with Crippen LogP contribution in [0, 0.1) is 0 Å². The number of amides is 1. The Bertz CT molecular complexity index is 862. The number of hydrogen-bond donors (Lipinski definition) is 2. The maximum Gasteiger partial charge on any atom is 0.305 e. The molecule has 0 aliphatic heterocycles. The monoisotopic (exact) mass is 361 g/mol. The van der Waals surface area contributed by atoms with E-state index in [1.807, 2.05) is 0 Å². The van der Waals surface area contributed by atoms with E-state index in [-0.39, 0.29) is 17.7 Å². The third-order valence-electron chi connectivity index (χ3n) is 3.50. The molecule has 6 nitrogen and oxygen atoms in total. The summed E-state index contributed by atoms with van der Waals surface area (Å²) in [5.74, 6) is -1.64. The lowest BCUT2D eigenvalue weighted by molar-refractivity contribution is -0.137. The number of carbonyl (C=O) groups is 2. The van der Waals surface area contributed by atoms with Gasteiger partial charge in [0.1, 0.15) is 0 Å². The van der Waals surface area contributed by atoms with Crippen molar-refractivity contribution in [2.24, 2.45) is 0 Å². The van der Waals surface area contributed by atoms with Crippen LogP contribution < -0.4 is 5.32 Å². The smallest absolute Gasteiger partial charge is 0.305 e. The number of benzene rings is 2. The Morgan fingerprint density at radius 1 is 1.08 bits per heavy atom.